The number of rotatable bonds is 3. The Bertz CT molecular complexity index is 394. The molecule has 0 spiro atoms. The molecule has 0 fully saturated rings. The third-order valence-corrected chi connectivity index (χ3v) is 4.52. The molecule has 0 bridgehead atoms. The van der Waals surface area contributed by atoms with Gasteiger partial charge in [-0.2, -0.15) is 11.3 Å². The molecule has 0 aliphatic heterocycles. The fourth-order valence-electron chi connectivity index (χ4n) is 1.25. The first-order valence-electron chi connectivity index (χ1n) is 4.19. The van der Waals surface area contributed by atoms with Gasteiger partial charge in [-0.1, -0.05) is 0 Å². The van der Waals surface area contributed by atoms with Crippen molar-refractivity contribution in [2.24, 2.45) is 0 Å². The molecule has 1 unspecified atom stereocenters. The van der Waals surface area contributed by atoms with Gasteiger partial charge in [0.2, 0.25) is 0 Å². The summed E-state index contributed by atoms with van der Waals surface area (Å²) in [5.41, 5.74) is 2.24. The Balaban J connectivity index is 2.06. The van der Waals surface area contributed by atoms with Gasteiger partial charge in [0.1, 0.15) is 0 Å². The second kappa shape index (κ2) is 4.74. The lowest BCUT2D eigenvalue weighted by atomic mass is 10.1. The van der Waals surface area contributed by atoms with Gasteiger partial charge in [0, 0.05) is 6.42 Å². The van der Waals surface area contributed by atoms with E-state index < -0.39 is 0 Å². The zero-order chi connectivity index (χ0) is 9.97. The van der Waals surface area contributed by atoms with Crippen LogP contribution in [0.1, 0.15) is 17.2 Å². The average Bonchev–Trinajstić information content (AvgIpc) is 2.75. The number of hydrogen-bond donors (Lipinski definition) is 1. The van der Waals surface area contributed by atoms with Crippen molar-refractivity contribution in [2.45, 2.75) is 12.5 Å². The van der Waals surface area contributed by atoms with E-state index in [0.717, 1.165) is 12.0 Å². The van der Waals surface area contributed by atoms with E-state index in [1.807, 2.05) is 16.8 Å². The summed E-state index contributed by atoms with van der Waals surface area (Å²) in [5.74, 6) is 0. The molecule has 14 heavy (non-hydrogen) atoms. The molecule has 2 aromatic heterocycles. The molecule has 2 heterocycles. The van der Waals surface area contributed by atoms with Gasteiger partial charge in [-0.25, -0.2) is 0 Å². The van der Waals surface area contributed by atoms with Crippen LogP contribution in [0.4, 0.5) is 0 Å². The van der Waals surface area contributed by atoms with Crippen LogP contribution in [0.3, 0.4) is 0 Å². The molecule has 74 valence electrons. The summed E-state index contributed by atoms with van der Waals surface area (Å²) in [6.07, 6.45) is 0.361. The van der Waals surface area contributed by atoms with Crippen LogP contribution in [0.15, 0.2) is 28.3 Å². The van der Waals surface area contributed by atoms with Crippen molar-refractivity contribution in [3.63, 3.8) is 0 Å². The summed E-state index contributed by atoms with van der Waals surface area (Å²) in [7, 11) is 0. The van der Waals surface area contributed by atoms with Crippen LogP contribution in [-0.4, -0.2) is 5.11 Å². The smallest absolute Gasteiger partial charge is 0.0839 e. The second-order valence-corrected chi connectivity index (χ2v) is 6.62. The molecule has 0 amide bonds. The van der Waals surface area contributed by atoms with E-state index in [1.165, 1.54) is 8.45 Å². The fraction of sp³-hybridized carbons (Fsp3) is 0.200. The summed E-state index contributed by atoms with van der Waals surface area (Å²) >= 11 is 5.62. The van der Waals surface area contributed by atoms with Crippen LogP contribution < -0.4 is 0 Å². The van der Waals surface area contributed by atoms with Crippen LogP contribution in [0, 0.1) is 2.88 Å². The van der Waals surface area contributed by atoms with E-state index in [9.17, 15) is 5.11 Å². The van der Waals surface area contributed by atoms with Crippen LogP contribution in [0.2, 0.25) is 0 Å². The van der Waals surface area contributed by atoms with Gasteiger partial charge in [0.15, 0.2) is 0 Å². The first-order valence-corrected chi connectivity index (χ1v) is 7.09. The first-order chi connectivity index (χ1) is 6.75. The van der Waals surface area contributed by atoms with Crippen molar-refractivity contribution in [1.29, 1.82) is 0 Å². The summed E-state index contributed by atoms with van der Waals surface area (Å²) in [6.45, 7) is 0. The highest BCUT2D eigenvalue weighted by Crippen LogP contribution is 2.25. The summed E-state index contributed by atoms with van der Waals surface area (Å²) in [6, 6.07) is 4.10. The molecule has 0 aromatic carbocycles. The SMILES string of the molecule is OC(Cc1ccsc1)c1csc(I)c1. The molecule has 0 aliphatic carbocycles. The minimum Gasteiger partial charge on any atom is -0.388 e. The summed E-state index contributed by atoms with van der Waals surface area (Å²) in [5, 5.41) is 16.1. The molecule has 2 rings (SSSR count). The monoisotopic (exact) mass is 336 g/mol. The average molecular weight is 336 g/mol. The lowest BCUT2D eigenvalue weighted by Gasteiger charge is -2.06. The van der Waals surface area contributed by atoms with Gasteiger partial charge in [-0.05, 0) is 62.0 Å². The Morgan fingerprint density at radius 2 is 2.29 bits per heavy atom. The van der Waals surface area contributed by atoms with E-state index in [0.29, 0.717) is 0 Å². The molecule has 1 N–H and O–H groups in total. The number of hydrogen-bond acceptors (Lipinski definition) is 3. The minimum absolute atomic E-state index is 0.357. The van der Waals surface area contributed by atoms with Crippen LogP contribution in [0.5, 0.6) is 0 Å². The maximum absolute atomic E-state index is 9.91. The van der Waals surface area contributed by atoms with E-state index in [-0.39, 0.29) is 6.10 Å². The Labute approximate surface area is 105 Å². The molecule has 0 saturated carbocycles. The number of halogens is 1. The van der Waals surface area contributed by atoms with Crippen LogP contribution >= 0.6 is 45.3 Å². The fourth-order valence-corrected chi connectivity index (χ4v) is 3.35. The Hall–Kier alpha value is 0.0900. The quantitative estimate of drug-likeness (QED) is 0.848. The molecule has 0 saturated heterocycles. The van der Waals surface area contributed by atoms with Crippen molar-refractivity contribution in [3.8, 4) is 0 Å². The highest BCUT2D eigenvalue weighted by Gasteiger charge is 2.10. The Morgan fingerprint density at radius 3 is 2.86 bits per heavy atom. The summed E-state index contributed by atoms with van der Waals surface area (Å²) in [4.78, 5) is 0. The number of aliphatic hydroxyl groups is 1. The van der Waals surface area contributed by atoms with Gasteiger partial charge in [-0.15, -0.1) is 11.3 Å². The topological polar surface area (TPSA) is 20.2 Å². The van der Waals surface area contributed by atoms with Crippen LogP contribution in [-0.2, 0) is 6.42 Å². The van der Waals surface area contributed by atoms with Gasteiger partial charge in [0.05, 0.1) is 8.99 Å². The molecular formula is C10H9IOS2. The molecule has 0 radical (unpaired) electrons. The lowest BCUT2D eigenvalue weighted by Crippen LogP contribution is -1.98. The van der Waals surface area contributed by atoms with E-state index in [2.05, 4.69) is 34.0 Å². The molecule has 1 nitrogen and oxygen atoms in total. The second-order valence-electron chi connectivity index (χ2n) is 3.04. The van der Waals surface area contributed by atoms with Gasteiger partial charge in [-0.3, -0.25) is 0 Å². The zero-order valence-corrected chi connectivity index (χ0v) is 11.1. The maximum Gasteiger partial charge on any atom is 0.0839 e. The van der Waals surface area contributed by atoms with E-state index in [1.54, 1.807) is 22.7 Å². The Kier molecular flexibility index (Phi) is 3.59. The van der Waals surface area contributed by atoms with Crippen molar-refractivity contribution in [1.82, 2.24) is 0 Å². The maximum atomic E-state index is 9.91. The highest BCUT2D eigenvalue weighted by molar-refractivity contribution is 14.1. The standard InChI is InChI=1S/C10H9IOS2/c11-10-4-8(6-14-10)9(12)3-7-1-2-13-5-7/h1-2,4-6,9,12H,3H2. The molecule has 2 aromatic rings. The van der Waals surface area contributed by atoms with E-state index in [4.69, 9.17) is 0 Å². The van der Waals surface area contributed by atoms with Crippen molar-refractivity contribution < 1.29 is 5.11 Å². The third kappa shape index (κ3) is 2.56. The predicted octanol–water partition coefficient (Wildman–Crippen LogP) is 3.69. The zero-order valence-electron chi connectivity index (χ0n) is 7.31. The van der Waals surface area contributed by atoms with Crippen LogP contribution in [0.25, 0.3) is 0 Å². The highest BCUT2D eigenvalue weighted by atomic mass is 127. The van der Waals surface area contributed by atoms with Crippen molar-refractivity contribution >= 4 is 45.3 Å². The molecule has 4 heteroatoms. The third-order valence-electron chi connectivity index (χ3n) is 1.98. The first kappa shape index (κ1) is 10.6. The van der Waals surface area contributed by atoms with Gasteiger partial charge >= 0.3 is 0 Å². The predicted molar refractivity (Wildman–Crippen MR) is 70.0 cm³/mol. The lowest BCUT2D eigenvalue weighted by molar-refractivity contribution is 0.179. The normalized spacial score (nSPS) is 13.0. The minimum atomic E-state index is -0.357. The number of aliphatic hydroxyl groups excluding tert-OH is 1. The largest absolute Gasteiger partial charge is 0.388 e. The molecular weight excluding hydrogens is 327 g/mol. The summed E-state index contributed by atoms with van der Waals surface area (Å²) < 4.78 is 1.22. The number of thiophene rings is 2. The van der Waals surface area contributed by atoms with E-state index >= 15 is 0 Å². The van der Waals surface area contributed by atoms with Gasteiger partial charge in [0.25, 0.3) is 0 Å². The van der Waals surface area contributed by atoms with Crippen molar-refractivity contribution in [3.05, 3.63) is 42.3 Å². The Morgan fingerprint density at radius 1 is 1.43 bits per heavy atom. The molecule has 1 atom stereocenters. The molecule has 0 aliphatic rings. The van der Waals surface area contributed by atoms with Gasteiger partial charge < -0.3 is 5.11 Å². The van der Waals surface area contributed by atoms with Crippen molar-refractivity contribution in [2.75, 3.05) is 0 Å².